The van der Waals surface area contributed by atoms with Crippen molar-refractivity contribution in [3.63, 3.8) is 0 Å². The lowest BCUT2D eigenvalue weighted by atomic mass is 9.81. The number of halogens is 4. The summed E-state index contributed by atoms with van der Waals surface area (Å²) in [6.07, 6.45) is 5.85. The molecule has 0 aromatic heterocycles. The number of benzene rings is 3. The Labute approximate surface area is 275 Å². The third-order valence-corrected chi connectivity index (χ3v) is 9.90. The van der Waals surface area contributed by atoms with Gasteiger partial charge in [0.1, 0.15) is 23.8 Å². The molecule has 0 fully saturated rings. The average molecular weight is 662 g/mol. The number of carbonyl (C=O) groups excluding carboxylic acids is 1. The second-order valence-corrected chi connectivity index (χ2v) is 13.9. The molecule has 7 rings (SSSR count). The van der Waals surface area contributed by atoms with Gasteiger partial charge in [0.25, 0.3) is 0 Å². The number of nitrogens with two attached hydrogens (primary N) is 1. The lowest BCUT2D eigenvalue weighted by Crippen LogP contribution is -2.53. The van der Waals surface area contributed by atoms with E-state index < -0.39 is 46.0 Å². The fourth-order valence-corrected chi connectivity index (χ4v) is 7.99. The van der Waals surface area contributed by atoms with Crippen LogP contribution in [0.1, 0.15) is 98.1 Å². The molecule has 4 aliphatic rings. The van der Waals surface area contributed by atoms with Crippen molar-refractivity contribution in [2.75, 3.05) is 13.1 Å². The summed E-state index contributed by atoms with van der Waals surface area (Å²) in [5, 5.41) is 12.3. The molecule has 10 heteroatoms. The molecular weight excluding hydrogens is 624 g/mol. The smallest absolute Gasteiger partial charge is 0.225 e. The van der Waals surface area contributed by atoms with Gasteiger partial charge in [-0.25, -0.2) is 22.1 Å². The fourth-order valence-electron chi connectivity index (χ4n) is 7.99. The highest BCUT2D eigenvalue weighted by Gasteiger charge is 2.42. The van der Waals surface area contributed by atoms with Crippen LogP contribution in [-0.4, -0.2) is 35.3 Å². The number of aliphatic hydroxyl groups is 1. The number of hydrogen-bond acceptors (Lipinski definition) is 5. The number of fused-ring (bicyclic) bond motifs is 4. The predicted octanol–water partition coefficient (Wildman–Crippen LogP) is 5.83. The lowest BCUT2D eigenvalue weighted by molar-refractivity contribution is -0.0800. The van der Waals surface area contributed by atoms with E-state index in [4.69, 9.17) is 15.2 Å². The average Bonchev–Trinajstić information content (AvgIpc) is 3.01. The number of hydrogen-bond donors (Lipinski definition) is 2. The number of rotatable bonds is 5. The van der Waals surface area contributed by atoms with Crippen molar-refractivity contribution in [3.05, 3.63) is 97.1 Å². The van der Waals surface area contributed by atoms with Gasteiger partial charge in [-0.3, -0.25) is 4.79 Å². The Kier molecular flexibility index (Phi) is 7.31. The van der Waals surface area contributed by atoms with Gasteiger partial charge in [0, 0.05) is 65.8 Å². The molecule has 1 atom stereocenters. The number of Topliss-reactive ketones (excluding diaryl/α,β-unsaturated/α-hetero) is 1. The first-order chi connectivity index (χ1) is 22.6. The Morgan fingerprint density at radius 1 is 0.938 bits per heavy atom. The highest BCUT2D eigenvalue weighted by molar-refractivity contribution is 6.03. The maximum Gasteiger partial charge on any atom is 0.225 e. The van der Waals surface area contributed by atoms with E-state index >= 15 is 13.2 Å². The molecule has 0 saturated carbocycles. The zero-order chi connectivity index (χ0) is 34.6. The van der Waals surface area contributed by atoms with Gasteiger partial charge in [-0.15, -0.1) is 0 Å². The molecule has 3 aromatic carbocycles. The van der Waals surface area contributed by atoms with Crippen LogP contribution in [0, 0.1) is 23.3 Å². The molecule has 0 saturated heterocycles. The van der Waals surface area contributed by atoms with Gasteiger partial charge in [0.15, 0.2) is 34.6 Å². The normalized spacial score (nSPS) is 20.1. The molecule has 4 aliphatic heterocycles. The van der Waals surface area contributed by atoms with Crippen molar-refractivity contribution >= 4 is 22.5 Å². The summed E-state index contributed by atoms with van der Waals surface area (Å²) >= 11 is 0. The largest absolute Gasteiger partial charge is 0.458 e. The Bertz CT molecular complexity index is 2200. The van der Waals surface area contributed by atoms with Crippen molar-refractivity contribution < 1.29 is 36.9 Å². The monoisotopic (exact) mass is 661 g/mol. The van der Waals surface area contributed by atoms with E-state index in [2.05, 4.69) is 24.5 Å². The van der Waals surface area contributed by atoms with E-state index in [9.17, 15) is 14.3 Å². The van der Waals surface area contributed by atoms with Gasteiger partial charge in [-0.05, 0) is 82.0 Å². The van der Waals surface area contributed by atoms with Crippen LogP contribution in [0.15, 0.2) is 24.3 Å². The zero-order valence-electron chi connectivity index (χ0n) is 27.8. The van der Waals surface area contributed by atoms with Crippen molar-refractivity contribution in [3.8, 4) is 17.2 Å². The maximum absolute atomic E-state index is 16.3. The molecule has 0 bridgehead atoms. The Hall–Kier alpha value is -4.28. The zero-order valence-corrected chi connectivity index (χ0v) is 27.8. The van der Waals surface area contributed by atoms with Crippen LogP contribution >= 0.6 is 0 Å². The lowest BCUT2D eigenvalue weighted by Gasteiger charge is -2.35. The van der Waals surface area contributed by atoms with Crippen LogP contribution in [0.2, 0.25) is 0 Å². The molecule has 0 spiro atoms. The molecule has 250 valence electrons. The summed E-state index contributed by atoms with van der Waals surface area (Å²) in [5.41, 5.74) is 8.60. The third kappa shape index (κ3) is 4.59. The van der Waals surface area contributed by atoms with E-state index in [0.29, 0.717) is 59.2 Å². The van der Waals surface area contributed by atoms with Crippen LogP contribution < -0.4 is 30.4 Å². The molecular formula is C38H37F4N2O4+. The molecule has 0 amide bonds. The quantitative estimate of drug-likeness (QED) is 0.0926. The van der Waals surface area contributed by atoms with E-state index in [0.717, 1.165) is 41.9 Å². The van der Waals surface area contributed by atoms with Gasteiger partial charge in [0.2, 0.25) is 11.1 Å². The second-order valence-electron chi connectivity index (χ2n) is 13.9. The summed E-state index contributed by atoms with van der Waals surface area (Å²) in [4.78, 5) is 13.0. The highest BCUT2D eigenvalue weighted by Crippen LogP contribution is 2.50. The topological polar surface area (TPSA) is 84.8 Å². The molecule has 3 N–H and O–H groups in total. The molecule has 48 heavy (non-hydrogen) atoms. The number of ketones is 1. The Morgan fingerprint density at radius 3 is 2.31 bits per heavy atom. The fraction of sp³-hybridized carbons (Fsp3) is 0.368. The van der Waals surface area contributed by atoms with Crippen molar-refractivity contribution in [2.24, 2.45) is 5.73 Å². The van der Waals surface area contributed by atoms with Crippen molar-refractivity contribution in [2.45, 2.75) is 78.6 Å². The van der Waals surface area contributed by atoms with Gasteiger partial charge in [-0.2, -0.15) is 0 Å². The number of ether oxygens (including phenoxy) is 2. The summed E-state index contributed by atoms with van der Waals surface area (Å²) in [7, 11) is 0. The van der Waals surface area contributed by atoms with Crippen LogP contribution in [0.25, 0.3) is 16.7 Å². The number of carbonyl (C=O) groups is 1. The molecule has 3 aromatic rings. The number of allylic oxidation sites excluding steroid dienone is 2. The molecule has 6 nitrogen and oxygen atoms in total. The Morgan fingerprint density at radius 2 is 1.62 bits per heavy atom. The van der Waals surface area contributed by atoms with E-state index in [1.807, 2.05) is 13.0 Å². The SMILES string of the molecule is CC(=O)c1c(F)c(F)c(F)c(F)c1C1=c2cc3c4c(c2Oc2c1cc1c(c2CCCN)OC(C)(O)C=C1C)CCC[N+]=4C(C)(C)C=C3C. The minimum atomic E-state index is -2.06. The van der Waals surface area contributed by atoms with Crippen molar-refractivity contribution in [1.82, 2.24) is 4.58 Å². The standard InChI is InChI=1S/C38H37F4N2O4/c1-17-15-37(4,5)44-12-8-10-20-33(44)22(17)13-24-27(28-26(19(3)45)29(39)31(41)32(42)30(28)40)25-14-23-18(2)16-38(6,46)48-36(23)21(9-7-11-43)35(25)47-34(20)24/h13-16,46H,7-12,43H2,1-6H3/q+1. The Balaban J connectivity index is 1.74. The summed E-state index contributed by atoms with van der Waals surface area (Å²) < 4.78 is 77.3. The third-order valence-electron chi connectivity index (χ3n) is 9.90. The van der Waals surface area contributed by atoms with Gasteiger partial charge >= 0.3 is 0 Å². The van der Waals surface area contributed by atoms with E-state index in [1.165, 1.54) is 13.0 Å². The van der Waals surface area contributed by atoms with Gasteiger partial charge in [0.05, 0.1) is 11.1 Å². The maximum atomic E-state index is 16.3. The highest BCUT2D eigenvalue weighted by atomic mass is 19.2. The first-order valence-corrected chi connectivity index (χ1v) is 16.2. The molecule has 1 unspecified atom stereocenters. The predicted molar refractivity (Wildman–Crippen MR) is 175 cm³/mol. The van der Waals surface area contributed by atoms with Crippen molar-refractivity contribution in [1.29, 1.82) is 0 Å². The first-order valence-electron chi connectivity index (χ1n) is 16.2. The number of nitrogens with zero attached hydrogens (tertiary/aromatic N) is 1. The molecule has 0 radical (unpaired) electrons. The molecule has 0 aliphatic carbocycles. The van der Waals surface area contributed by atoms with Crippen LogP contribution in [0.5, 0.6) is 17.2 Å². The van der Waals surface area contributed by atoms with Gasteiger partial charge < -0.3 is 20.3 Å². The molecule has 4 heterocycles. The summed E-state index contributed by atoms with van der Waals surface area (Å²) in [5.74, 6) is -9.22. The minimum Gasteiger partial charge on any atom is -0.458 e. The van der Waals surface area contributed by atoms with E-state index in [-0.39, 0.29) is 22.4 Å². The summed E-state index contributed by atoms with van der Waals surface area (Å²) in [6.45, 7) is 11.6. The van der Waals surface area contributed by atoms with Crippen LogP contribution in [0.4, 0.5) is 17.6 Å². The summed E-state index contributed by atoms with van der Waals surface area (Å²) in [6, 6.07) is 3.47. The van der Waals surface area contributed by atoms with Crippen LogP contribution in [0.3, 0.4) is 0 Å². The van der Waals surface area contributed by atoms with Crippen LogP contribution in [-0.2, 0) is 12.8 Å². The van der Waals surface area contributed by atoms with E-state index in [1.54, 1.807) is 13.0 Å². The minimum absolute atomic E-state index is 0.00230. The van der Waals surface area contributed by atoms with Gasteiger partial charge in [-0.1, -0.05) is 0 Å². The first kappa shape index (κ1) is 32.3. The second kappa shape index (κ2) is 10.9.